The quantitative estimate of drug-likeness (QED) is 0.149. The largest absolute Gasteiger partial charge is 0.377 e. The molecule has 8 N–H and O–H groups in total. The Morgan fingerprint density at radius 2 is 1.75 bits per heavy atom. The van der Waals surface area contributed by atoms with Gasteiger partial charge in [-0.2, -0.15) is 0 Å². The predicted octanol–water partition coefficient (Wildman–Crippen LogP) is -3.25. The molecule has 0 aromatic carbocycles. The summed E-state index contributed by atoms with van der Waals surface area (Å²) in [4.78, 5) is 7.03. The van der Waals surface area contributed by atoms with Gasteiger partial charge in [0.25, 0.3) is 0 Å². The van der Waals surface area contributed by atoms with Crippen molar-refractivity contribution < 1.29 is 15.3 Å². The molecule has 0 bridgehead atoms. The number of guanidine groups is 2. The molecule has 0 saturated heterocycles. The van der Waals surface area contributed by atoms with Gasteiger partial charge in [0, 0.05) is 0 Å². The first-order chi connectivity index (χ1) is 7.63. The molecule has 0 saturated carbocycles. The third-order valence-electron chi connectivity index (χ3n) is 1.28. The summed E-state index contributed by atoms with van der Waals surface area (Å²) in [5.74, 6) is 0.237. The minimum Gasteiger partial charge on any atom is -0.377 e. The van der Waals surface area contributed by atoms with Gasteiger partial charge in [0.1, 0.15) is 20.2 Å². The van der Waals surface area contributed by atoms with Crippen molar-refractivity contribution in [1.29, 1.82) is 0 Å². The van der Waals surface area contributed by atoms with E-state index in [1.54, 1.807) is 0 Å². The third kappa shape index (κ3) is 6.59. The van der Waals surface area contributed by atoms with E-state index in [1.807, 2.05) is 0 Å². The SMILES string of the molecule is C=C(NCO)NC(=NCO)NC(N)=NCO. The number of aliphatic imine (C=N–C) groups is 2. The Morgan fingerprint density at radius 3 is 2.25 bits per heavy atom. The van der Waals surface area contributed by atoms with Crippen molar-refractivity contribution in [2.75, 3.05) is 20.2 Å². The standard InChI is InChI=1S/C7H16N6O3/c1-5(9-2-14)12-7(11-4-16)13-6(8)10-3-15/h9,14-16H,1-4H2,(H4,8,10,11,12,13). The highest BCUT2D eigenvalue weighted by molar-refractivity contribution is 5.98. The molecule has 92 valence electrons. The van der Waals surface area contributed by atoms with E-state index in [0.29, 0.717) is 0 Å². The van der Waals surface area contributed by atoms with Crippen LogP contribution < -0.4 is 21.7 Å². The molecule has 0 atom stereocenters. The highest BCUT2D eigenvalue weighted by atomic mass is 16.3. The lowest BCUT2D eigenvalue weighted by Crippen LogP contribution is -2.46. The number of hydrogen-bond donors (Lipinski definition) is 7. The second-order valence-electron chi connectivity index (χ2n) is 2.40. The van der Waals surface area contributed by atoms with Gasteiger partial charge in [0.15, 0.2) is 5.96 Å². The molecule has 0 aliphatic carbocycles. The van der Waals surface area contributed by atoms with Gasteiger partial charge in [-0.25, -0.2) is 9.98 Å². The maximum absolute atomic E-state index is 8.63. The van der Waals surface area contributed by atoms with Crippen molar-refractivity contribution in [2.24, 2.45) is 15.7 Å². The molecule has 0 heterocycles. The zero-order valence-corrected chi connectivity index (χ0v) is 8.64. The van der Waals surface area contributed by atoms with Gasteiger partial charge >= 0.3 is 0 Å². The van der Waals surface area contributed by atoms with Crippen LogP contribution in [0.5, 0.6) is 0 Å². The molecule has 16 heavy (non-hydrogen) atoms. The van der Waals surface area contributed by atoms with Crippen LogP contribution in [0.2, 0.25) is 0 Å². The molecule has 9 heteroatoms. The number of aliphatic hydroxyl groups excluding tert-OH is 3. The Kier molecular flexibility index (Phi) is 7.49. The first-order valence-corrected chi connectivity index (χ1v) is 4.27. The molecule has 0 rings (SSSR count). The number of nitrogens with two attached hydrogens (primary N) is 1. The van der Waals surface area contributed by atoms with Crippen molar-refractivity contribution in [3.05, 3.63) is 12.4 Å². The Balaban J connectivity index is 4.34. The van der Waals surface area contributed by atoms with E-state index in [0.717, 1.165) is 0 Å². The Hall–Kier alpha value is -1.84. The Bertz CT molecular complexity index is 277. The van der Waals surface area contributed by atoms with E-state index in [1.165, 1.54) is 0 Å². The lowest BCUT2D eigenvalue weighted by atomic mass is 10.7. The molecule has 0 aromatic rings. The van der Waals surface area contributed by atoms with Crippen LogP contribution in [0.25, 0.3) is 0 Å². The fourth-order valence-electron chi connectivity index (χ4n) is 0.701. The molecule has 0 unspecified atom stereocenters. The first-order valence-electron chi connectivity index (χ1n) is 4.27. The molecular weight excluding hydrogens is 216 g/mol. The molecule has 0 aliphatic rings. The topological polar surface area (TPSA) is 148 Å². The summed E-state index contributed by atoms with van der Waals surface area (Å²) in [5.41, 5.74) is 5.34. The van der Waals surface area contributed by atoms with Gasteiger partial charge in [0.05, 0.1) is 5.82 Å². The summed E-state index contributed by atoms with van der Waals surface area (Å²) in [6, 6.07) is 0. The maximum atomic E-state index is 8.63. The number of nitrogens with zero attached hydrogens (tertiary/aromatic N) is 2. The summed E-state index contributed by atoms with van der Waals surface area (Å²) in [6.45, 7) is 2.25. The van der Waals surface area contributed by atoms with Crippen LogP contribution in [-0.4, -0.2) is 47.4 Å². The Labute approximate surface area is 92.4 Å². The molecule has 0 spiro atoms. The fraction of sp³-hybridized carbons (Fsp3) is 0.429. The fourth-order valence-corrected chi connectivity index (χ4v) is 0.701. The Morgan fingerprint density at radius 1 is 1.12 bits per heavy atom. The van der Waals surface area contributed by atoms with Crippen molar-refractivity contribution in [3.63, 3.8) is 0 Å². The highest BCUT2D eigenvalue weighted by Gasteiger charge is 2.01. The summed E-state index contributed by atoms with van der Waals surface area (Å²) in [7, 11) is 0. The second kappa shape index (κ2) is 8.47. The van der Waals surface area contributed by atoms with E-state index in [9.17, 15) is 0 Å². The van der Waals surface area contributed by atoms with Crippen LogP contribution >= 0.6 is 0 Å². The third-order valence-corrected chi connectivity index (χ3v) is 1.28. The number of rotatable bonds is 5. The van der Waals surface area contributed by atoms with Crippen LogP contribution in [0.15, 0.2) is 22.4 Å². The minimum absolute atomic E-state index is 0.0724. The van der Waals surface area contributed by atoms with Crippen LogP contribution in [0, 0.1) is 0 Å². The molecule has 0 amide bonds. The lowest BCUT2D eigenvalue weighted by Gasteiger charge is -2.13. The van der Waals surface area contributed by atoms with Gasteiger partial charge in [-0.15, -0.1) is 0 Å². The summed E-state index contributed by atoms with van der Waals surface area (Å²) in [5, 5.41) is 33.1. The minimum atomic E-state index is -0.478. The van der Waals surface area contributed by atoms with Gasteiger partial charge < -0.3 is 31.7 Å². The lowest BCUT2D eigenvalue weighted by molar-refractivity contribution is 0.273. The summed E-state index contributed by atoms with van der Waals surface area (Å²) in [6.07, 6.45) is 0. The van der Waals surface area contributed by atoms with Crippen LogP contribution in [-0.2, 0) is 0 Å². The van der Waals surface area contributed by atoms with E-state index >= 15 is 0 Å². The normalized spacial score (nSPS) is 12.2. The monoisotopic (exact) mass is 232 g/mol. The van der Waals surface area contributed by atoms with Crippen LogP contribution in [0.3, 0.4) is 0 Å². The molecule has 0 aliphatic heterocycles. The van der Waals surface area contributed by atoms with Gasteiger partial charge in [-0.05, 0) is 0 Å². The predicted molar refractivity (Wildman–Crippen MR) is 58.9 cm³/mol. The zero-order valence-electron chi connectivity index (χ0n) is 8.64. The van der Waals surface area contributed by atoms with Gasteiger partial charge in [0.2, 0.25) is 5.96 Å². The van der Waals surface area contributed by atoms with E-state index in [2.05, 4.69) is 32.5 Å². The molecular formula is C7H16N6O3. The summed E-state index contributed by atoms with van der Waals surface area (Å²) < 4.78 is 0. The number of nitrogens with one attached hydrogen (secondary N) is 3. The van der Waals surface area contributed by atoms with Crippen molar-refractivity contribution >= 4 is 11.9 Å². The zero-order chi connectivity index (χ0) is 12.4. The first kappa shape index (κ1) is 14.2. The van der Waals surface area contributed by atoms with Crippen LogP contribution in [0.1, 0.15) is 0 Å². The molecule has 0 aromatic heterocycles. The van der Waals surface area contributed by atoms with Gasteiger partial charge in [-0.3, -0.25) is 5.32 Å². The van der Waals surface area contributed by atoms with Crippen molar-refractivity contribution in [3.8, 4) is 0 Å². The van der Waals surface area contributed by atoms with Gasteiger partial charge in [-0.1, -0.05) is 6.58 Å². The average Bonchev–Trinajstić information content (AvgIpc) is 2.18. The molecule has 9 nitrogen and oxygen atoms in total. The van der Waals surface area contributed by atoms with Crippen molar-refractivity contribution in [1.82, 2.24) is 16.0 Å². The number of aliphatic hydroxyl groups is 3. The maximum Gasteiger partial charge on any atom is 0.206 e. The molecule has 0 fully saturated rings. The van der Waals surface area contributed by atoms with E-state index < -0.39 is 13.5 Å². The van der Waals surface area contributed by atoms with Crippen molar-refractivity contribution in [2.45, 2.75) is 0 Å². The van der Waals surface area contributed by atoms with E-state index in [4.69, 9.17) is 21.1 Å². The smallest absolute Gasteiger partial charge is 0.206 e. The van der Waals surface area contributed by atoms with E-state index in [-0.39, 0.29) is 24.5 Å². The van der Waals surface area contributed by atoms with Crippen LogP contribution in [0.4, 0.5) is 0 Å². The average molecular weight is 232 g/mol. The summed E-state index contributed by atoms with van der Waals surface area (Å²) >= 11 is 0. The second-order valence-corrected chi connectivity index (χ2v) is 2.40. The number of hydrogen-bond acceptors (Lipinski definition) is 6. The molecule has 0 radical (unpaired) electrons. The highest BCUT2D eigenvalue weighted by Crippen LogP contribution is 1.78.